The zero-order valence-electron chi connectivity index (χ0n) is 10.2. The van der Waals surface area contributed by atoms with Crippen molar-refractivity contribution in [1.82, 2.24) is 9.97 Å². The number of nitrogens with zero attached hydrogens (tertiary/aromatic N) is 3. The lowest BCUT2D eigenvalue weighted by atomic mass is 10.1. The van der Waals surface area contributed by atoms with Crippen molar-refractivity contribution in [2.75, 3.05) is 24.7 Å². The molecule has 1 aliphatic heterocycles. The van der Waals surface area contributed by atoms with E-state index in [4.69, 9.17) is 16.3 Å². The molecule has 1 atom stereocenters. The number of aromatic nitrogens is 2. The molecule has 0 aromatic carbocycles. The smallest absolute Gasteiger partial charge is 0.377 e. The van der Waals surface area contributed by atoms with Crippen molar-refractivity contribution >= 4 is 17.4 Å². The molecule has 0 bridgehead atoms. The van der Waals surface area contributed by atoms with Crippen molar-refractivity contribution < 1.29 is 17.9 Å². The number of morpholine rings is 1. The third kappa shape index (κ3) is 3.27. The molecule has 19 heavy (non-hydrogen) atoms. The van der Waals surface area contributed by atoms with E-state index >= 15 is 0 Å². The first-order valence-electron chi connectivity index (χ1n) is 5.88. The molecule has 1 aliphatic rings. The molecule has 1 unspecified atom stereocenters. The van der Waals surface area contributed by atoms with Crippen LogP contribution in [-0.2, 0) is 10.9 Å². The van der Waals surface area contributed by atoms with E-state index < -0.39 is 17.2 Å². The molecule has 1 aromatic rings. The van der Waals surface area contributed by atoms with Gasteiger partial charge < -0.3 is 9.64 Å². The second-order valence-electron chi connectivity index (χ2n) is 4.21. The van der Waals surface area contributed by atoms with Gasteiger partial charge >= 0.3 is 6.18 Å². The monoisotopic (exact) mass is 295 g/mol. The van der Waals surface area contributed by atoms with Crippen molar-refractivity contribution in [2.24, 2.45) is 0 Å². The van der Waals surface area contributed by atoms with Crippen LogP contribution in [0.25, 0.3) is 0 Å². The fourth-order valence-corrected chi connectivity index (χ4v) is 2.17. The Morgan fingerprint density at radius 2 is 2.21 bits per heavy atom. The first-order chi connectivity index (χ1) is 8.91. The van der Waals surface area contributed by atoms with Crippen LogP contribution >= 0.6 is 11.6 Å². The summed E-state index contributed by atoms with van der Waals surface area (Å²) in [6, 6.07) is 0.931. The normalized spacial score (nSPS) is 20.7. The number of hydrogen-bond acceptors (Lipinski definition) is 4. The minimum Gasteiger partial charge on any atom is -0.377 e. The van der Waals surface area contributed by atoms with E-state index in [9.17, 15) is 13.2 Å². The van der Waals surface area contributed by atoms with Crippen molar-refractivity contribution in [3.63, 3.8) is 0 Å². The van der Waals surface area contributed by atoms with Gasteiger partial charge in [0.25, 0.3) is 0 Å². The van der Waals surface area contributed by atoms with Crippen LogP contribution in [0.15, 0.2) is 6.07 Å². The van der Waals surface area contributed by atoms with Gasteiger partial charge in [0.2, 0.25) is 5.28 Å². The molecule has 1 saturated heterocycles. The van der Waals surface area contributed by atoms with Gasteiger partial charge in [0.1, 0.15) is 5.82 Å². The molecule has 0 amide bonds. The van der Waals surface area contributed by atoms with E-state index in [2.05, 4.69) is 9.97 Å². The first-order valence-corrected chi connectivity index (χ1v) is 6.25. The van der Waals surface area contributed by atoms with Gasteiger partial charge in [-0.25, -0.2) is 9.97 Å². The second kappa shape index (κ2) is 5.50. The molecule has 4 nitrogen and oxygen atoms in total. The second-order valence-corrected chi connectivity index (χ2v) is 4.55. The number of ether oxygens (including phenoxy) is 1. The lowest BCUT2D eigenvalue weighted by Crippen LogP contribution is -2.45. The zero-order valence-corrected chi connectivity index (χ0v) is 11.0. The Hall–Kier alpha value is -1.08. The highest BCUT2D eigenvalue weighted by molar-refractivity contribution is 6.28. The molecule has 0 radical (unpaired) electrons. The van der Waals surface area contributed by atoms with Crippen LogP contribution in [0.4, 0.5) is 19.0 Å². The summed E-state index contributed by atoms with van der Waals surface area (Å²) in [7, 11) is 0. The SMILES string of the molecule is CCC1COCCN1c1cc(C(F)(F)F)nc(Cl)n1. The lowest BCUT2D eigenvalue weighted by molar-refractivity contribution is -0.141. The summed E-state index contributed by atoms with van der Waals surface area (Å²) in [5, 5.41) is -0.397. The largest absolute Gasteiger partial charge is 0.433 e. The Labute approximate surface area is 113 Å². The van der Waals surface area contributed by atoms with Crippen LogP contribution in [0.3, 0.4) is 0 Å². The summed E-state index contributed by atoms with van der Waals surface area (Å²) >= 11 is 5.59. The average molecular weight is 296 g/mol. The van der Waals surface area contributed by atoms with Crippen LogP contribution in [0.5, 0.6) is 0 Å². The summed E-state index contributed by atoms with van der Waals surface area (Å²) in [5.74, 6) is 0.197. The summed E-state index contributed by atoms with van der Waals surface area (Å²) in [6.07, 6.45) is -3.78. The first kappa shape index (κ1) is 14.3. The highest BCUT2D eigenvalue weighted by Crippen LogP contribution is 2.31. The van der Waals surface area contributed by atoms with Crippen molar-refractivity contribution in [1.29, 1.82) is 0 Å². The van der Waals surface area contributed by atoms with Gasteiger partial charge in [-0.05, 0) is 18.0 Å². The Morgan fingerprint density at radius 3 is 2.84 bits per heavy atom. The molecule has 2 heterocycles. The van der Waals surface area contributed by atoms with Gasteiger partial charge in [-0.2, -0.15) is 13.2 Å². The van der Waals surface area contributed by atoms with Crippen molar-refractivity contribution in [3.8, 4) is 0 Å². The predicted octanol–water partition coefficient (Wildman–Crippen LogP) is 2.76. The zero-order chi connectivity index (χ0) is 14.0. The van der Waals surface area contributed by atoms with Gasteiger partial charge in [0, 0.05) is 12.6 Å². The number of halogens is 4. The van der Waals surface area contributed by atoms with E-state index in [1.165, 1.54) is 0 Å². The molecule has 8 heteroatoms. The quantitative estimate of drug-likeness (QED) is 0.787. The van der Waals surface area contributed by atoms with Gasteiger partial charge in [-0.15, -0.1) is 0 Å². The lowest BCUT2D eigenvalue weighted by Gasteiger charge is -2.36. The molecule has 1 aromatic heterocycles. The van der Waals surface area contributed by atoms with Crippen LogP contribution in [0, 0.1) is 0 Å². The molecule has 0 N–H and O–H groups in total. The maximum absolute atomic E-state index is 12.7. The van der Waals surface area contributed by atoms with Crippen LogP contribution < -0.4 is 4.90 Å². The molecule has 2 rings (SSSR count). The van der Waals surface area contributed by atoms with E-state index in [0.717, 1.165) is 12.5 Å². The summed E-state index contributed by atoms with van der Waals surface area (Å²) in [6.45, 7) is 3.36. The van der Waals surface area contributed by atoms with Gasteiger partial charge in [0.15, 0.2) is 5.69 Å². The highest BCUT2D eigenvalue weighted by atomic mass is 35.5. The summed E-state index contributed by atoms with van der Waals surface area (Å²) < 4.78 is 43.4. The molecular weight excluding hydrogens is 283 g/mol. The summed E-state index contributed by atoms with van der Waals surface area (Å²) in [5.41, 5.74) is -1.02. The van der Waals surface area contributed by atoms with E-state index in [1.54, 1.807) is 4.90 Å². The minimum atomic E-state index is -4.53. The summed E-state index contributed by atoms with van der Waals surface area (Å²) in [4.78, 5) is 8.90. The van der Waals surface area contributed by atoms with Crippen LogP contribution in [0.1, 0.15) is 19.0 Å². The molecule has 0 aliphatic carbocycles. The number of alkyl halides is 3. The van der Waals surface area contributed by atoms with Crippen LogP contribution in [0.2, 0.25) is 5.28 Å². The Bertz CT molecular complexity index is 455. The maximum Gasteiger partial charge on any atom is 0.433 e. The number of anilines is 1. The molecule has 0 saturated carbocycles. The van der Waals surface area contributed by atoms with E-state index in [1.807, 2.05) is 6.92 Å². The molecule has 1 fully saturated rings. The minimum absolute atomic E-state index is 0.000741. The Kier molecular flexibility index (Phi) is 4.15. The average Bonchev–Trinajstić information content (AvgIpc) is 2.37. The molecular formula is C11H13ClF3N3O. The van der Waals surface area contributed by atoms with E-state index in [-0.39, 0.29) is 11.9 Å². The number of rotatable bonds is 2. The molecule has 106 valence electrons. The Balaban J connectivity index is 2.35. The van der Waals surface area contributed by atoms with E-state index in [0.29, 0.717) is 19.8 Å². The standard InChI is InChI=1S/C11H13ClF3N3O/c1-2-7-6-19-4-3-18(7)9-5-8(11(13,14)15)16-10(12)17-9/h5,7H,2-4,6H2,1H3. The fourth-order valence-electron chi connectivity index (χ4n) is 1.99. The highest BCUT2D eigenvalue weighted by Gasteiger charge is 2.35. The van der Waals surface area contributed by atoms with Crippen molar-refractivity contribution in [2.45, 2.75) is 25.6 Å². The predicted molar refractivity (Wildman–Crippen MR) is 64.3 cm³/mol. The maximum atomic E-state index is 12.7. The third-order valence-corrected chi connectivity index (χ3v) is 3.14. The molecule has 0 spiro atoms. The van der Waals surface area contributed by atoms with Gasteiger partial charge in [-0.1, -0.05) is 6.92 Å². The van der Waals surface area contributed by atoms with Gasteiger partial charge in [-0.3, -0.25) is 0 Å². The van der Waals surface area contributed by atoms with Gasteiger partial charge in [0.05, 0.1) is 19.3 Å². The third-order valence-electron chi connectivity index (χ3n) is 2.97. The number of hydrogen-bond donors (Lipinski definition) is 0. The Morgan fingerprint density at radius 1 is 1.47 bits per heavy atom. The fraction of sp³-hybridized carbons (Fsp3) is 0.636. The van der Waals surface area contributed by atoms with Crippen LogP contribution in [-0.4, -0.2) is 35.8 Å². The van der Waals surface area contributed by atoms with Crippen molar-refractivity contribution in [3.05, 3.63) is 17.0 Å². The topological polar surface area (TPSA) is 38.2 Å².